The van der Waals surface area contributed by atoms with Crippen molar-refractivity contribution in [1.29, 1.82) is 0 Å². The van der Waals surface area contributed by atoms with E-state index in [1.165, 1.54) is 0 Å². The van der Waals surface area contributed by atoms with E-state index in [4.69, 9.17) is 4.43 Å². The number of rotatable bonds is 4. The molecule has 72 valence electrons. The third-order valence-corrected chi connectivity index (χ3v) is 2.19. The fourth-order valence-electron chi connectivity index (χ4n) is 0.799. The van der Waals surface area contributed by atoms with E-state index in [2.05, 4.69) is 13.8 Å². The molecule has 0 heterocycles. The van der Waals surface area contributed by atoms with E-state index in [0.717, 1.165) is 6.42 Å². The van der Waals surface area contributed by atoms with E-state index in [9.17, 15) is 4.79 Å². The summed E-state index contributed by atoms with van der Waals surface area (Å²) >= 11 is 0. The van der Waals surface area contributed by atoms with Gasteiger partial charge in [-0.1, -0.05) is 13.8 Å². The summed E-state index contributed by atoms with van der Waals surface area (Å²) in [5.74, 6) is 0.557. The largest absolute Gasteiger partial charge is 0.520 e. The van der Waals surface area contributed by atoms with Gasteiger partial charge in [-0.05, 0) is 32.0 Å². The minimum Gasteiger partial charge on any atom is -0.520 e. The summed E-state index contributed by atoms with van der Waals surface area (Å²) in [7, 11) is -1.64. The summed E-state index contributed by atoms with van der Waals surface area (Å²) in [6, 6.07) is 0. The number of carbonyl (C=O) groups is 1. The second-order valence-corrected chi connectivity index (χ2v) is 8.95. The van der Waals surface area contributed by atoms with E-state index >= 15 is 0 Å². The molecule has 0 radical (unpaired) electrons. The lowest BCUT2D eigenvalue weighted by molar-refractivity contribution is -0.135. The molecule has 0 rings (SSSR count). The van der Waals surface area contributed by atoms with Gasteiger partial charge < -0.3 is 4.43 Å². The molecule has 0 bridgehead atoms. The minimum atomic E-state index is -1.64. The first-order valence-corrected chi connectivity index (χ1v) is 7.94. The molecular weight excluding hydrogens is 168 g/mol. The Kier molecular flexibility index (Phi) is 4.53. The van der Waals surface area contributed by atoms with Gasteiger partial charge >= 0.3 is 0 Å². The van der Waals surface area contributed by atoms with E-state index in [1.807, 2.05) is 19.6 Å². The Morgan fingerprint density at radius 3 is 2.17 bits per heavy atom. The summed E-state index contributed by atoms with van der Waals surface area (Å²) < 4.78 is 5.29. The van der Waals surface area contributed by atoms with Crippen LogP contribution in [-0.2, 0) is 9.22 Å². The first-order chi connectivity index (χ1) is 5.31. The highest BCUT2D eigenvalue weighted by Gasteiger charge is 2.19. The van der Waals surface area contributed by atoms with Crippen LogP contribution in [0.15, 0.2) is 0 Å². The SMILES string of the molecule is CC(C)CCC(=O)O[Si](C)(C)C. The lowest BCUT2D eigenvalue weighted by atomic mass is 10.1. The van der Waals surface area contributed by atoms with Crippen LogP contribution in [0.2, 0.25) is 19.6 Å². The smallest absolute Gasteiger partial charge is 0.292 e. The van der Waals surface area contributed by atoms with Gasteiger partial charge in [0.2, 0.25) is 8.32 Å². The van der Waals surface area contributed by atoms with Gasteiger partial charge in [0.05, 0.1) is 0 Å². The van der Waals surface area contributed by atoms with Crippen molar-refractivity contribution in [2.24, 2.45) is 5.92 Å². The molecule has 0 aliphatic heterocycles. The number of carbonyl (C=O) groups excluding carboxylic acids is 1. The molecule has 0 amide bonds. The van der Waals surface area contributed by atoms with E-state index in [0.29, 0.717) is 12.3 Å². The molecule has 0 unspecified atom stereocenters. The van der Waals surface area contributed by atoms with E-state index in [-0.39, 0.29) is 5.97 Å². The monoisotopic (exact) mass is 188 g/mol. The average Bonchev–Trinajstić information content (AvgIpc) is 1.79. The minimum absolute atomic E-state index is 0.0251. The number of hydrogen-bond donors (Lipinski definition) is 0. The molecule has 0 spiro atoms. The molecule has 3 heteroatoms. The molecule has 0 saturated carbocycles. The summed E-state index contributed by atoms with van der Waals surface area (Å²) in [5.41, 5.74) is 0. The molecule has 0 aromatic heterocycles. The standard InChI is InChI=1S/C9H20O2Si/c1-8(2)6-7-9(10)11-12(3,4)5/h8H,6-7H2,1-5H3. The zero-order chi connectivity index (χ0) is 9.78. The molecule has 0 N–H and O–H groups in total. The number of hydrogen-bond acceptors (Lipinski definition) is 2. The van der Waals surface area contributed by atoms with Crippen molar-refractivity contribution in [1.82, 2.24) is 0 Å². The highest BCUT2D eigenvalue weighted by molar-refractivity contribution is 6.71. The molecule has 0 fully saturated rings. The lowest BCUT2D eigenvalue weighted by Crippen LogP contribution is -2.29. The van der Waals surface area contributed by atoms with Crippen molar-refractivity contribution in [2.75, 3.05) is 0 Å². The molecular formula is C9H20O2Si. The molecule has 12 heavy (non-hydrogen) atoms. The molecule has 0 aliphatic rings. The first kappa shape index (κ1) is 11.7. The Balaban J connectivity index is 3.61. The summed E-state index contributed by atoms with van der Waals surface area (Å²) in [5, 5.41) is 0. The van der Waals surface area contributed by atoms with Crippen LogP contribution >= 0.6 is 0 Å². The van der Waals surface area contributed by atoms with Crippen LogP contribution in [0.3, 0.4) is 0 Å². The van der Waals surface area contributed by atoms with Crippen LogP contribution in [0.5, 0.6) is 0 Å². The van der Waals surface area contributed by atoms with Crippen molar-refractivity contribution < 1.29 is 9.22 Å². The maximum atomic E-state index is 11.2. The normalized spacial score (nSPS) is 11.8. The predicted molar refractivity (Wildman–Crippen MR) is 53.5 cm³/mol. The Labute approximate surface area is 76.4 Å². The van der Waals surface area contributed by atoms with Crippen LogP contribution in [0.1, 0.15) is 26.7 Å². The zero-order valence-electron chi connectivity index (χ0n) is 8.81. The van der Waals surface area contributed by atoms with Crippen molar-refractivity contribution in [3.8, 4) is 0 Å². The summed E-state index contributed by atoms with van der Waals surface area (Å²) in [6.45, 7) is 10.3. The maximum Gasteiger partial charge on any atom is 0.292 e. The van der Waals surface area contributed by atoms with Crippen LogP contribution < -0.4 is 0 Å². The second kappa shape index (κ2) is 4.65. The Morgan fingerprint density at radius 2 is 1.83 bits per heavy atom. The van der Waals surface area contributed by atoms with Gasteiger partial charge in [-0.3, -0.25) is 4.79 Å². The van der Waals surface area contributed by atoms with Gasteiger partial charge in [0, 0.05) is 6.42 Å². The van der Waals surface area contributed by atoms with Crippen LogP contribution in [-0.4, -0.2) is 14.3 Å². The first-order valence-electron chi connectivity index (χ1n) is 4.53. The van der Waals surface area contributed by atoms with Crippen LogP contribution in [0, 0.1) is 5.92 Å². The molecule has 0 saturated heterocycles. The molecule has 2 nitrogen and oxygen atoms in total. The van der Waals surface area contributed by atoms with Gasteiger partial charge in [0.15, 0.2) is 0 Å². The van der Waals surface area contributed by atoms with Gasteiger partial charge in [0.1, 0.15) is 0 Å². The Morgan fingerprint density at radius 1 is 1.33 bits per heavy atom. The van der Waals surface area contributed by atoms with Gasteiger partial charge in [-0.2, -0.15) is 0 Å². The van der Waals surface area contributed by atoms with Crippen molar-refractivity contribution in [3.05, 3.63) is 0 Å². The van der Waals surface area contributed by atoms with E-state index in [1.54, 1.807) is 0 Å². The van der Waals surface area contributed by atoms with Gasteiger partial charge in [-0.15, -0.1) is 0 Å². The Bertz CT molecular complexity index is 147. The molecule has 0 aliphatic carbocycles. The predicted octanol–water partition coefficient (Wildman–Crippen LogP) is 2.80. The molecule has 0 aromatic carbocycles. The molecule has 0 aromatic rings. The summed E-state index contributed by atoms with van der Waals surface area (Å²) in [6.07, 6.45) is 1.51. The average molecular weight is 188 g/mol. The molecule has 0 atom stereocenters. The van der Waals surface area contributed by atoms with Gasteiger partial charge in [0.25, 0.3) is 5.97 Å². The third-order valence-electron chi connectivity index (χ3n) is 1.35. The zero-order valence-corrected chi connectivity index (χ0v) is 9.81. The highest BCUT2D eigenvalue weighted by atomic mass is 28.4. The van der Waals surface area contributed by atoms with Crippen LogP contribution in [0.4, 0.5) is 0 Å². The Hall–Kier alpha value is -0.313. The van der Waals surface area contributed by atoms with Gasteiger partial charge in [-0.25, -0.2) is 0 Å². The fraction of sp³-hybridized carbons (Fsp3) is 0.889. The van der Waals surface area contributed by atoms with E-state index < -0.39 is 8.32 Å². The quantitative estimate of drug-likeness (QED) is 0.634. The highest BCUT2D eigenvalue weighted by Crippen LogP contribution is 2.09. The van der Waals surface area contributed by atoms with Crippen molar-refractivity contribution in [3.63, 3.8) is 0 Å². The lowest BCUT2D eigenvalue weighted by Gasteiger charge is -2.17. The second-order valence-electron chi connectivity index (χ2n) is 4.52. The summed E-state index contributed by atoms with van der Waals surface area (Å²) in [4.78, 5) is 11.2. The third kappa shape index (κ3) is 7.79. The fourth-order valence-corrected chi connectivity index (χ4v) is 1.58. The van der Waals surface area contributed by atoms with Crippen molar-refractivity contribution in [2.45, 2.75) is 46.3 Å². The van der Waals surface area contributed by atoms with Crippen molar-refractivity contribution >= 4 is 14.3 Å². The maximum absolute atomic E-state index is 11.2. The topological polar surface area (TPSA) is 26.3 Å². The van der Waals surface area contributed by atoms with Crippen LogP contribution in [0.25, 0.3) is 0 Å².